The highest BCUT2D eigenvalue weighted by Crippen LogP contribution is 2.24. The van der Waals surface area contributed by atoms with Crippen molar-refractivity contribution in [1.82, 2.24) is 15.2 Å². The molecule has 0 aliphatic heterocycles. The number of nitrogens with zero attached hydrogens (tertiary/aromatic N) is 2. The molecule has 0 bridgehead atoms. The van der Waals surface area contributed by atoms with Crippen LogP contribution in [0.25, 0.3) is 17.0 Å². The number of carbonyl (C=O) groups excluding carboxylic acids is 1. The van der Waals surface area contributed by atoms with Crippen LogP contribution in [-0.2, 0) is 18.0 Å². The van der Waals surface area contributed by atoms with Crippen molar-refractivity contribution in [1.29, 1.82) is 0 Å². The first kappa shape index (κ1) is 18.0. The zero-order chi connectivity index (χ0) is 18.7. The summed E-state index contributed by atoms with van der Waals surface area (Å²) in [6.45, 7) is -0.497. The molecule has 0 saturated carbocycles. The molecule has 1 amide bonds. The number of nitrogens with one attached hydrogen (secondary N) is 1. The van der Waals surface area contributed by atoms with Gasteiger partial charge in [0.2, 0.25) is 0 Å². The Bertz CT molecular complexity index is 1000. The van der Waals surface area contributed by atoms with Crippen LogP contribution in [0.3, 0.4) is 0 Å². The van der Waals surface area contributed by atoms with Gasteiger partial charge in [-0.2, -0.15) is 5.10 Å². The van der Waals surface area contributed by atoms with Gasteiger partial charge >= 0.3 is 0 Å². The number of hydrazine groups is 1. The first-order valence-electron chi connectivity index (χ1n) is 7.70. The fourth-order valence-electron chi connectivity index (χ4n) is 2.59. The Balaban J connectivity index is 2.08. The van der Waals surface area contributed by atoms with Gasteiger partial charge in [0, 0.05) is 22.0 Å². The third-order valence-corrected chi connectivity index (χ3v) is 4.10. The molecule has 1 aromatic heterocycles. The van der Waals surface area contributed by atoms with Gasteiger partial charge in [-0.15, -0.1) is 0 Å². The molecule has 0 radical (unpaired) electrons. The topological polar surface area (TPSA) is 72.9 Å². The van der Waals surface area contributed by atoms with Gasteiger partial charge in [-0.3, -0.25) is 14.9 Å². The van der Waals surface area contributed by atoms with Crippen molar-refractivity contribution in [3.05, 3.63) is 70.1 Å². The van der Waals surface area contributed by atoms with Crippen molar-refractivity contribution in [2.24, 2.45) is 5.84 Å². The Labute approximate surface area is 153 Å². The molecule has 3 N–H and O–H groups in total. The largest absolute Gasteiger partial charge is 0.291 e. The summed E-state index contributed by atoms with van der Waals surface area (Å²) < 4.78 is 28.7. The summed E-state index contributed by atoms with van der Waals surface area (Å²) in [6, 6.07) is 9.38. The average Bonchev–Trinajstić information content (AvgIpc) is 2.98. The van der Waals surface area contributed by atoms with Crippen LogP contribution < -0.4 is 11.3 Å². The van der Waals surface area contributed by atoms with E-state index in [0.29, 0.717) is 32.7 Å². The standard InChI is InChI=1S/C18H15ClF2N4O/c19-13-3-2-12(15(21)8-13)10-25-17-7-11(9-20)1-4-14(17)16(24-25)5-6-18(26)23-22/h1-8H,9-10,22H2,(H,23,26). The summed E-state index contributed by atoms with van der Waals surface area (Å²) in [4.78, 5) is 11.3. The minimum Gasteiger partial charge on any atom is -0.291 e. The van der Waals surface area contributed by atoms with E-state index in [-0.39, 0.29) is 6.54 Å². The number of fused-ring (bicyclic) bond motifs is 1. The van der Waals surface area contributed by atoms with E-state index < -0.39 is 18.4 Å². The number of hydrogen-bond donors (Lipinski definition) is 2. The van der Waals surface area contributed by atoms with Crippen molar-refractivity contribution >= 4 is 34.5 Å². The van der Waals surface area contributed by atoms with E-state index in [1.165, 1.54) is 18.2 Å². The predicted octanol–water partition coefficient (Wildman–Crippen LogP) is 3.35. The Morgan fingerprint density at radius 1 is 1.31 bits per heavy atom. The maximum atomic E-state index is 14.1. The molecule has 0 unspecified atom stereocenters. The molecular formula is C18H15ClF2N4O. The number of alkyl halides is 1. The van der Waals surface area contributed by atoms with E-state index in [1.54, 1.807) is 35.0 Å². The maximum Gasteiger partial charge on any atom is 0.257 e. The Hall–Kier alpha value is -2.77. The molecular weight excluding hydrogens is 362 g/mol. The van der Waals surface area contributed by atoms with Gasteiger partial charge in [0.15, 0.2) is 0 Å². The van der Waals surface area contributed by atoms with Gasteiger partial charge in [0.05, 0.1) is 17.8 Å². The highest BCUT2D eigenvalue weighted by atomic mass is 35.5. The smallest absolute Gasteiger partial charge is 0.257 e. The third kappa shape index (κ3) is 3.74. The fourth-order valence-corrected chi connectivity index (χ4v) is 2.74. The van der Waals surface area contributed by atoms with Gasteiger partial charge in [-0.25, -0.2) is 14.6 Å². The second-order valence-electron chi connectivity index (χ2n) is 5.61. The van der Waals surface area contributed by atoms with Crippen LogP contribution in [0, 0.1) is 5.82 Å². The molecule has 0 atom stereocenters. The zero-order valence-corrected chi connectivity index (χ0v) is 14.3. The molecule has 5 nitrogen and oxygen atoms in total. The lowest BCUT2D eigenvalue weighted by Crippen LogP contribution is -2.27. The molecule has 8 heteroatoms. The Morgan fingerprint density at radius 2 is 2.12 bits per heavy atom. The number of amides is 1. The molecule has 134 valence electrons. The van der Waals surface area contributed by atoms with E-state index >= 15 is 0 Å². The first-order chi connectivity index (χ1) is 12.5. The molecule has 3 rings (SSSR count). The van der Waals surface area contributed by atoms with E-state index in [1.807, 2.05) is 5.43 Å². The van der Waals surface area contributed by atoms with Crippen LogP contribution in [0.4, 0.5) is 8.78 Å². The van der Waals surface area contributed by atoms with E-state index in [4.69, 9.17) is 17.4 Å². The minimum absolute atomic E-state index is 0.131. The van der Waals surface area contributed by atoms with Gasteiger partial charge in [-0.1, -0.05) is 29.8 Å². The fraction of sp³-hybridized carbons (Fsp3) is 0.111. The summed E-state index contributed by atoms with van der Waals surface area (Å²) in [5.74, 6) is 4.11. The monoisotopic (exact) mass is 376 g/mol. The predicted molar refractivity (Wildman–Crippen MR) is 96.4 cm³/mol. The number of rotatable bonds is 5. The van der Waals surface area contributed by atoms with Crippen LogP contribution in [0.2, 0.25) is 5.02 Å². The minimum atomic E-state index is -0.628. The normalized spacial score (nSPS) is 11.4. The van der Waals surface area contributed by atoms with Gasteiger partial charge in [0.25, 0.3) is 5.91 Å². The molecule has 26 heavy (non-hydrogen) atoms. The Kier molecular flexibility index (Phi) is 5.29. The second kappa shape index (κ2) is 7.63. The first-order valence-corrected chi connectivity index (χ1v) is 8.07. The van der Waals surface area contributed by atoms with Crippen LogP contribution in [0.15, 0.2) is 42.5 Å². The highest BCUT2D eigenvalue weighted by Gasteiger charge is 2.12. The number of carbonyl (C=O) groups is 1. The number of hydrogen-bond acceptors (Lipinski definition) is 3. The summed E-state index contributed by atoms with van der Waals surface area (Å²) >= 11 is 5.78. The van der Waals surface area contributed by atoms with Gasteiger partial charge < -0.3 is 0 Å². The third-order valence-electron chi connectivity index (χ3n) is 3.87. The summed E-state index contributed by atoms with van der Waals surface area (Å²) in [5, 5.41) is 5.42. The lowest BCUT2D eigenvalue weighted by molar-refractivity contribution is -0.116. The molecule has 0 fully saturated rings. The number of aromatic nitrogens is 2. The second-order valence-corrected chi connectivity index (χ2v) is 6.04. The SMILES string of the molecule is NNC(=O)C=Cc1nn(Cc2ccc(Cl)cc2F)c2cc(CF)ccc12. The molecule has 0 aliphatic carbocycles. The van der Waals surface area contributed by atoms with Crippen LogP contribution >= 0.6 is 11.6 Å². The quantitative estimate of drug-likeness (QED) is 0.310. The average molecular weight is 377 g/mol. The lowest BCUT2D eigenvalue weighted by atomic mass is 10.1. The van der Waals surface area contributed by atoms with Crippen molar-refractivity contribution in [3.8, 4) is 0 Å². The molecule has 3 aromatic rings. The number of benzene rings is 2. The highest BCUT2D eigenvalue weighted by molar-refractivity contribution is 6.30. The van der Waals surface area contributed by atoms with Crippen LogP contribution in [0.1, 0.15) is 16.8 Å². The van der Waals surface area contributed by atoms with Crippen molar-refractivity contribution in [3.63, 3.8) is 0 Å². The molecule has 2 aromatic carbocycles. The molecule has 1 heterocycles. The zero-order valence-electron chi connectivity index (χ0n) is 13.5. The number of nitrogens with two attached hydrogens (primary N) is 1. The van der Waals surface area contributed by atoms with E-state index in [2.05, 4.69) is 5.10 Å². The molecule has 0 aliphatic rings. The van der Waals surface area contributed by atoms with Crippen molar-refractivity contribution in [2.75, 3.05) is 0 Å². The van der Waals surface area contributed by atoms with Gasteiger partial charge in [0.1, 0.15) is 12.5 Å². The van der Waals surface area contributed by atoms with E-state index in [9.17, 15) is 13.6 Å². The molecule has 0 spiro atoms. The van der Waals surface area contributed by atoms with Crippen molar-refractivity contribution < 1.29 is 13.6 Å². The number of halogens is 3. The summed E-state index contributed by atoms with van der Waals surface area (Å²) in [7, 11) is 0. The Morgan fingerprint density at radius 3 is 2.81 bits per heavy atom. The van der Waals surface area contributed by atoms with Gasteiger partial charge in [-0.05, 0) is 29.8 Å². The maximum absolute atomic E-state index is 14.1. The summed E-state index contributed by atoms with van der Waals surface area (Å²) in [6.07, 6.45) is 2.73. The van der Waals surface area contributed by atoms with Crippen LogP contribution in [0.5, 0.6) is 0 Å². The summed E-state index contributed by atoms with van der Waals surface area (Å²) in [5.41, 5.74) is 3.97. The lowest BCUT2D eigenvalue weighted by Gasteiger charge is -2.06. The van der Waals surface area contributed by atoms with Crippen LogP contribution in [-0.4, -0.2) is 15.7 Å². The van der Waals surface area contributed by atoms with E-state index in [0.717, 1.165) is 0 Å². The van der Waals surface area contributed by atoms with Crippen molar-refractivity contribution in [2.45, 2.75) is 13.2 Å². The molecule has 0 saturated heterocycles.